The molecule has 0 bridgehead atoms. The summed E-state index contributed by atoms with van der Waals surface area (Å²) in [5, 5.41) is 11.5. The molecule has 84 valence electrons. The second-order valence-electron chi connectivity index (χ2n) is 2.68. The molecular weight excluding hydrogens is 186 g/mol. The average molecular weight is 205 g/mol. The number of aliphatic hydroxyl groups is 1. The van der Waals surface area contributed by atoms with Crippen molar-refractivity contribution in [1.82, 2.24) is 5.32 Å². The highest BCUT2D eigenvalue weighted by Crippen LogP contribution is 1.80. The Bertz CT molecular complexity index is 141. The molecule has 0 saturated heterocycles. The SMILES string of the molecule is CCOC(=O)COCCNCCCO. The Morgan fingerprint density at radius 1 is 1.43 bits per heavy atom. The van der Waals surface area contributed by atoms with Crippen LogP contribution in [-0.2, 0) is 14.3 Å². The van der Waals surface area contributed by atoms with Crippen LogP contribution in [0.4, 0.5) is 0 Å². The molecule has 0 unspecified atom stereocenters. The molecule has 0 aromatic heterocycles. The number of hydrogen-bond acceptors (Lipinski definition) is 5. The predicted octanol–water partition coefficient (Wildman–Crippen LogP) is -0.462. The lowest BCUT2D eigenvalue weighted by atomic mass is 10.4. The van der Waals surface area contributed by atoms with Gasteiger partial charge in [-0.05, 0) is 19.9 Å². The maximum absolute atomic E-state index is 10.8. The van der Waals surface area contributed by atoms with Gasteiger partial charge in [-0.3, -0.25) is 0 Å². The topological polar surface area (TPSA) is 67.8 Å². The lowest BCUT2D eigenvalue weighted by Gasteiger charge is -2.05. The molecule has 0 aliphatic carbocycles. The molecule has 5 nitrogen and oxygen atoms in total. The fourth-order valence-electron chi connectivity index (χ4n) is 0.832. The molecule has 0 saturated carbocycles. The molecule has 0 fully saturated rings. The Morgan fingerprint density at radius 3 is 2.86 bits per heavy atom. The first-order valence-electron chi connectivity index (χ1n) is 4.86. The number of rotatable bonds is 9. The van der Waals surface area contributed by atoms with Crippen molar-refractivity contribution in [3.63, 3.8) is 0 Å². The fraction of sp³-hybridized carbons (Fsp3) is 0.889. The third kappa shape index (κ3) is 9.44. The highest BCUT2D eigenvalue weighted by molar-refractivity contribution is 5.70. The standard InChI is InChI=1S/C9H19NO4/c1-2-14-9(12)8-13-7-5-10-4-3-6-11/h10-11H,2-8H2,1H3. The van der Waals surface area contributed by atoms with Crippen molar-refractivity contribution in [3.05, 3.63) is 0 Å². The lowest BCUT2D eigenvalue weighted by Crippen LogP contribution is -2.23. The van der Waals surface area contributed by atoms with Crippen LogP contribution in [0.15, 0.2) is 0 Å². The summed E-state index contributed by atoms with van der Waals surface area (Å²) in [6, 6.07) is 0. The summed E-state index contributed by atoms with van der Waals surface area (Å²) in [5.41, 5.74) is 0. The zero-order valence-electron chi connectivity index (χ0n) is 8.62. The molecule has 0 amide bonds. The second kappa shape index (κ2) is 10.4. The van der Waals surface area contributed by atoms with E-state index in [0.717, 1.165) is 13.0 Å². The van der Waals surface area contributed by atoms with Gasteiger partial charge in [-0.2, -0.15) is 0 Å². The zero-order valence-corrected chi connectivity index (χ0v) is 8.62. The summed E-state index contributed by atoms with van der Waals surface area (Å²) in [6.45, 7) is 4.26. The first-order valence-corrected chi connectivity index (χ1v) is 4.86. The number of carbonyl (C=O) groups is 1. The summed E-state index contributed by atoms with van der Waals surface area (Å²) in [7, 11) is 0. The molecular formula is C9H19NO4. The Morgan fingerprint density at radius 2 is 2.21 bits per heavy atom. The van der Waals surface area contributed by atoms with Crippen LogP contribution in [0.1, 0.15) is 13.3 Å². The van der Waals surface area contributed by atoms with E-state index in [1.165, 1.54) is 0 Å². The lowest BCUT2D eigenvalue weighted by molar-refractivity contribution is -0.148. The van der Waals surface area contributed by atoms with Crippen molar-refractivity contribution in [1.29, 1.82) is 0 Å². The van der Waals surface area contributed by atoms with Gasteiger partial charge in [0.05, 0.1) is 13.2 Å². The van der Waals surface area contributed by atoms with Crippen LogP contribution in [0.25, 0.3) is 0 Å². The van der Waals surface area contributed by atoms with Gasteiger partial charge >= 0.3 is 5.97 Å². The molecule has 0 aliphatic heterocycles. The molecule has 0 heterocycles. The largest absolute Gasteiger partial charge is 0.464 e. The monoisotopic (exact) mass is 205 g/mol. The molecule has 0 atom stereocenters. The van der Waals surface area contributed by atoms with Crippen molar-refractivity contribution >= 4 is 5.97 Å². The van der Waals surface area contributed by atoms with Crippen LogP contribution in [0.5, 0.6) is 0 Å². The summed E-state index contributed by atoms with van der Waals surface area (Å²) in [5.74, 6) is -0.331. The molecule has 14 heavy (non-hydrogen) atoms. The van der Waals surface area contributed by atoms with Gasteiger partial charge in [0.15, 0.2) is 0 Å². The van der Waals surface area contributed by atoms with E-state index < -0.39 is 0 Å². The first kappa shape index (κ1) is 13.4. The summed E-state index contributed by atoms with van der Waals surface area (Å²) >= 11 is 0. The molecule has 0 aromatic rings. The fourth-order valence-corrected chi connectivity index (χ4v) is 0.832. The van der Waals surface area contributed by atoms with Crippen LogP contribution in [0.3, 0.4) is 0 Å². The third-order valence-corrected chi connectivity index (χ3v) is 1.46. The minimum absolute atomic E-state index is 0.00944. The number of carbonyl (C=O) groups excluding carboxylic acids is 1. The van der Waals surface area contributed by atoms with E-state index in [4.69, 9.17) is 9.84 Å². The highest BCUT2D eigenvalue weighted by atomic mass is 16.6. The van der Waals surface area contributed by atoms with Crippen molar-refractivity contribution in [2.75, 3.05) is 39.5 Å². The van der Waals surface area contributed by atoms with Crippen LogP contribution < -0.4 is 5.32 Å². The van der Waals surface area contributed by atoms with E-state index in [-0.39, 0.29) is 19.2 Å². The molecule has 0 spiro atoms. The molecule has 0 aromatic carbocycles. The van der Waals surface area contributed by atoms with Gasteiger partial charge in [-0.25, -0.2) is 4.79 Å². The van der Waals surface area contributed by atoms with E-state index in [1.54, 1.807) is 6.92 Å². The van der Waals surface area contributed by atoms with Crippen molar-refractivity contribution < 1.29 is 19.4 Å². The van der Waals surface area contributed by atoms with Gasteiger partial charge in [0, 0.05) is 13.2 Å². The Hall–Kier alpha value is -0.650. The van der Waals surface area contributed by atoms with E-state index >= 15 is 0 Å². The number of esters is 1. The van der Waals surface area contributed by atoms with Gasteiger partial charge in [0.1, 0.15) is 6.61 Å². The van der Waals surface area contributed by atoms with E-state index in [0.29, 0.717) is 19.8 Å². The van der Waals surface area contributed by atoms with Crippen molar-refractivity contribution in [3.8, 4) is 0 Å². The van der Waals surface area contributed by atoms with E-state index in [9.17, 15) is 4.79 Å². The summed E-state index contributed by atoms with van der Waals surface area (Å²) in [6.07, 6.45) is 0.734. The number of aliphatic hydroxyl groups excluding tert-OH is 1. The van der Waals surface area contributed by atoms with Gasteiger partial charge in [0.25, 0.3) is 0 Å². The maximum Gasteiger partial charge on any atom is 0.332 e. The van der Waals surface area contributed by atoms with Gasteiger partial charge < -0.3 is 19.9 Å². The minimum atomic E-state index is -0.331. The Balaban J connectivity index is 3.01. The van der Waals surface area contributed by atoms with Crippen molar-refractivity contribution in [2.45, 2.75) is 13.3 Å². The molecule has 2 N–H and O–H groups in total. The highest BCUT2D eigenvalue weighted by Gasteiger charge is 1.99. The quantitative estimate of drug-likeness (QED) is 0.394. The number of hydrogen-bond donors (Lipinski definition) is 2. The van der Waals surface area contributed by atoms with E-state index in [2.05, 4.69) is 10.1 Å². The smallest absolute Gasteiger partial charge is 0.332 e. The Labute approximate surface area is 84.4 Å². The maximum atomic E-state index is 10.8. The van der Waals surface area contributed by atoms with Crippen LogP contribution >= 0.6 is 0 Å². The average Bonchev–Trinajstić information content (AvgIpc) is 2.17. The number of nitrogens with one attached hydrogen (secondary N) is 1. The van der Waals surface area contributed by atoms with E-state index in [1.807, 2.05) is 0 Å². The first-order chi connectivity index (χ1) is 6.81. The minimum Gasteiger partial charge on any atom is -0.464 e. The molecule has 0 aliphatic rings. The molecule has 0 rings (SSSR count). The van der Waals surface area contributed by atoms with Crippen molar-refractivity contribution in [2.24, 2.45) is 0 Å². The Kier molecular flexibility index (Phi) is 9.95. The molecule has 0 radical (unpaired) electrons. The normalized spacial score (nSPS) is 10.1. The predicted molar refractivity (Wildman–Crippen MR) is 52.0 cm³/mol. The van der Waals surface area contributed by atoms with Gasteiger partial charge in [-0.15, -0.1) is 0 Å². The second-order valence-corrected chi connectivity index (χ2v) is 2.68. The third-order valence-electron chi connectivity index (χ3n) is 1.46. The number of ether oxygens (including phenoxy) is 2. The van der Waals surface area contributed by atoms with Gasteiger partial charge in [0.2, 0.25) is 0 Å². The summed E-state index contributed by atoms with van der Waals surface area (Å²) < 4.78 is 9.70. The van der Waals surface area contributed by atoms with Crippen LogP contribution in [0.2, 0.25) is 0 Å². The van der Waals surface area contributed by atoms with Gasteiger partial charge in [-0.1, -0.05) is 0 Å². The zero-order chi connectivity index (χ0) is 10.6. The van der Waals surface area contributed by atoms with Crippen LogP contribution in [-0.4, -0.2) is 50.6 Å². The summed E-state index contributed by atoms with van der Waals surface area (Å²) in [4.78, 5) is 10.8. The van der Waals surface area contributed by atoms with Crippen LogP contribution in [0, 0.1) is 0 Å². The molecule has 5 heteroatoms.